The van der Waals surface area contributed by atoms with Crippen LogP contribution in [0.5, 0.6) is 5.75 Å². The molecule has 0 saturated carbocycles. The fraction of sp³-hybridized carbons (Fsp3) is 0.115. The number of benzene rings is 3. The molecule has 0 bridgehead atoms. The predicted octanol–water partition coefficient (Wildman–Crippen LogP) is 4.43. The topological polar surface area (TPSA) is 79.7 Å². The van der Waals surface area contributed by atoms with Crippen molar-refractivity contribution in [1.29, 1.82) is 0 Å². The summed E-state index contributed by atoms with van der Waals surface area (Å²) < 4.78 is 5.85. The van der Waals surface area contributed by atoms with Crippen molar-refractivity contribution in [2.45, 2.75) is 19.7 Å². The van der Waals surface area contributed by atoms with Crippen LogP contribution in [0, 0.1) is 0 Å². The van der Waals surface area contributed by atoms with Gasteiger partial charge in [-0.1, -0.05) is 66.7 Å². The van der Waals surface area contributed by atoms with E-state index in [0.717, 1.165) is 27.7 Å². The summed E-state index contributed by atoms with van der Waals surface area (Å²) in [5.74, 6) is -1.73. The number of hydrogen-bond donors (Lipinski definition) is 1. The lowest BCUT2D eigenvalue weighted by atomic mass is 10.1. The maximum Gasteiger partial charge on any atom is 0.394 e. The number of amides is 1. The standard InChI is InChI=1S/C26H22N2O4/c29-25(26(30)31)28(16-19-6-2-1-3-7-19)17-20-10-14-23(15-11-20)32-18-22-13-12-21-8-4-5-9-24(21)27-22/h1-15H,16-18H2,(H,30,31). The fourth-order valence-electron chi connectivity index (χ4n) is 3.40. The average Bonchev–Trinajstić information content (AvgIpc) is 2.83. The molecule has 32 heavy (non-hydrogen) atoms. The molecule has 1 amide bonds. The Morgan fingerprint density at radius 3 is 2.16 bits per heavy atom. The van der Waals surface area contributed by atoms with E-state index >= 15 is 0 Å². The Kier molecular flexibility index (Phi) is 6.41. The van der Waals surface area contributed by atoms with Crippen LogP contribution in [0.15, 0.2) is 91.0 Å². The van der Waals surface area contributed by atoms with Gasteiger partial charge in [0.05, 0.1) is 11.2 Å². The van der Waals surface area contributed by atoms with Crippen LogP contribution in [0.2, 0.25) is 0 Å². The maximum absolute atomic E-state index is 12.2. The van der Waals surface area contributed by atoms with Crippen LogP contribution < -0.4 is 4.74 Å². The lowest BCUT2D eigenvalue weighted by Crippen LogP contribution is -2.35. The monoisotopic (exact) mass is 426 g/mol. The number of carboxylic acids is 1. The van der Waals surface area contributed by atoms with Gasteiger partial charge in [-0.2, -0.15) is 0 Å². The van der Waals surface area contributed by atoms with E-state index in [9.17, 15) is 14.7 Å². The molecule has 1 N–H and O–H groups in total. The lowest BCUT2D eigenvalue weighted by Gasteiger charge is -2.21. The molecule has 0 saturated heterocycles. The molecule has 0 atom stereocenters. The van der Waals surface area contributed by atoms with Crippen LogP contribution in [-0.4, -0.2) is 26.9 Å². The third-order valence-electron chi connectivity index (χ3n) is 5.03. The largest absolute Gasteiger partial charge is 0.487 e. The normalized spacial score (nSPS) is 10.6. The number of carbonyl (C=O) groups excluding carboxylic acids is 1. The molecule has 0 aliphatic carbocycles. The number of rotatable bonds is 7. The first-order chi connectivity index (χ1) is 15.6. The summed E-state index contributed by atoms with van der Waals surface area (Å²) in [6, 6.07) is 28.5. The van der Waals surface area contributed by atoms with Crippen LogP contribution >= 0.6 is 0 Å². The van der Waals surface area contributed by atoms with Crippen molar-refractivity contribution in [3.63, 3.8) is 0 Å². The first-order valence-corrected chi connectivity index (χ1v) is 10.2. The molecule has 6 nitrogen and oxygen atoms in total. The van der Waals surface area contributed by atoms with Crippen molar-refractivity contribution in [3.05, 3.63) is 108 Å². The van der Waals surface area contributed by atoms with Crippen LogP contribution in [0.3, 0.4) is 0 Å². The summed E-state index contributed by atoms with van der Waals surface area (Å²) in [7, 11) is 0. The molecule has 0 radical (unpaired) electrons. The molecule has 0 unspecified atom stereocenters. The number of aliphatic carboxylic acids is 1. The van der Waals surface area contributed by atoms with Crippen molar-refractivity contribution >= 4 is 22.8 Å². The van der Waals surface area contributed by atoms with Gasteiger partial charge >= 0.3 is 11.9 Å². The van der Waals surface area contributed by atoms with E-state index in [0.29, 0.717) is 12.4 Å². The highest BCUT2D eigenvalue weighted by molar-refractivity contribution is 6.31. The first-order valence-electron chi connectivity index (χ1n) is 10.2. The number of carbonyl (C=O) groups is 2. The van der Waals surface area contributed by atoms with Crippen molar-refractivity contribution in [3.8, 4) is 5.75 Å². The zero-order valence-electron chi connectivity index (χ0n) is 17.3. The second-order valence-electron chi connectivity index (χ2n) is 7.38. The summed E-state index contributed by atoms with van der Waals surface area (Å²) in [4.78, 5) is 29.3. The molecule has 6 heteroatoms. The quantitative estimate of drug-likeness (QED) is 0.442. The highest BCUT2D eigenvalue weighted by Gasteiger charge is 2.21. The number of fused-ring (bicyclic) bond motifs is 1. The molecule has 1 heterocycles. The van der Waals surface area contributed by atoms with Crippen LogP contribution in [0.1, 0.15) is 16.8 Å². The van der Waals surface area contributed by atoms with Crippen LogP contribution in [0.4, 0.5) is 0 Å². The van der Waals surface area contributed by atoms with E-state index in [2.05, 4.69) is 4.98 Å². The molecule has 4 aromatic rings. The van der Waals surface area contributed by atoms with E-state index in [4.69, 9.17) is 4.74 Å². The van der Waals surface area contributed by atoms with E-state index in [1.807, 2.05) is 91.0 Å². The predicted molar refractivity (Wildman–Crippen MR) is 121 cm³/mol. The lowest BCUT2D eigenvalue weighted by molar-refractivity contribution is -0.156. The second kappa shape index (κ2) is 9.75. The van der Waals surface area contributed by atoms with Crippen molar-refractivity contribution in [2.75, 3.05) is 0 Å². The minimum atomic E-state index is -1.47. The average molecular weight is 426 g/mol. The zero-order chi connectivity index (χ0) is 22.3. The smallest absolute Gasteiger partial charge is 0.394 e. The minimum absolute atomic E-state index is 0.187. The van der Waals surface area contributed by atoms with Gasteiger partial charge in [0.25, 0.3) is 0 Å². The fourth-order valence-corrected chi connectivity index (χ4v) is 3.40. The van der Waals surface area contributed by atoms with Crippen molar-refractivity contribution < 1.29 is 19.4 Å². The molecule has 0 aliphatic heterocycles. The van der Waals surface area contributed by atoms with Gasteiger partial charge in [-0.05, 0) is 35.4 Å². The summed E-state index contributed by atoms with van der Waals surface area (Å²) in [5, 5.41) is 10.3. The third-order valence-corrected chi connectivity index (χ3v) is 5.03. The number of nitrogens with zero attached hydrogens (tertiary/aromatic N) is 2. The van der Waals surface area contributed by atoms with Gasteiger partial charge in [-0.25, -0.2) is 9.78 Å². The summed E-state index contributed by atoms with van der Waals surface area (Å²) >= 11 is 0. The molecular weight excluding hydrogens is 404 g/mol. The van der Waals surface area contributed by atoms with Crippen LogP contribution in [0.25, 0.3) is 10.9 Å². The second-order valence-corrected chi connectivity index (χ2v) is 7.38. The number of pyridine rings is 1. The Morgan fingerprint density at radius 1 is 0.781 bits per heavy atom. The Hall–Kier alpha value is -4.19. The van der Waals surface area contributed by atoms with Gasteiger partial charge in [0, 0.05) is 18.5 Å². The summed E-state index contributed by atoms with van der Waals surface area (Å²) in [6.45, 7) is 0.742. The van der Waals surface area contributed by atoms with Gasteiger partial charge in [0.1, 0.15) is 12.4 Å². The molecule has 160 valence electrons. The zero-order valence-corrected chi connectivity index (χ0v) is 17.3. The number of para-hydroxylation sites is 1. The highest BCUT2D eigenvalue weighted by Crippen LogP contribution is 2.18. The Bertz CT molecular complexity index is 1220. The van der Waals surface area contributed by atoms with E-state index < -0.39 is 11.9 Å². The Labute approximate surface area is 185 Å². The molecule has 0 aliphatic rings. The molecule has 0 spiro atoms. The molecule has 1 aromatic heterocycles. The molecular formula is C26H22N2O4. The van der Waals surface area contributed by atoms with Gasteiger partial charge in [-0.3, -0.25) is 4.79 Å². The van der Waals surface area contributed by atoms with Crippen molar-refractivity contribution in [2.24, 2.45) is 0 Å². The van der Waals surface area contributed by atoms with E-state index in [1.165, 1.54) is 4.90 Å². The number of ether oxygens (including phenoxy) is 1. The van der Waals surface area contributed by atoms with Gasteiger partial charge in [0.2, 0.25) is 0 Å². The summed E-state index contributed by atoms with van der Waals surface area (Å²) in [6.07, 6.45) is 0. The minimum Gasteiger partial charge on any atom is -0.487 e. The molecule has 0 fully saturated rings. The number of aromatic nitrogens is 1. The maximum atomic E-state index is 12.2. The number of carboxylic acid groups (broad SMARTS) is 1. The van der Waals surface area contributed by atoms with Gasteiger partial charge in [0.15, 0.2) is 0 Å². The Balaban J connectivity index is 1.40. The third kappa shape index (κ3) is 5.29. The Morgan fingerprint density at radius 2 is 1.44 bits per heavy atom. The summed E-state index contributed by atoms with van der Waals surface area (Å²) in [5.41, 5.74) is 3.43. The molecule has 3 aromatic carbocycles. The van der Waals surface area contributed by atoms with Crippen molar-refractivity contribution in [1.82, 2.24) is 9.88 Å². The highest BCUT2D eigenvalue weighted by atomic mass is 16.5. The van der Waals surface area contributed by atoms with E-state index in [1.54, 1.807) is 0 Å². The van der Waals surface area contributed by atoms with Gasteiger partial charge < -0.3 is 14.7 Å². The SMILES string of the molecule is O=C(O)C(=O)N(Cc1ccccc1)Cc1ccc(OCc2ccc3ccccc3n2)cc1. The van der Waals surface area contributed by atoms with Crippen LogP contribution in [-0.2, 0) is 29.3 Å². The molecule has 4 rings (SSSR count). The first kappa shape index (κ1) is 21.1. The number of hydrogen-bond acceptors (Lipinski definition) is 4. The van der Waals surface area contributed by atoms with E-state index in [-0.39, 0.29) is 13.1 Å². The van der Waals surface area contributed by atoms with Gasteiger partial charge in [-0.15, -0.1) is 0 Å².